The van der Waals surface area contributed by atoms with Gasteiger partial charge in [0.05, 0.1) is 6.33 Å². The van der Waals surface area contributed by atoms with Crippen molar-refractivity contribution in [1.82, 2.24) is 19.5 Å². The van der Waals surface area contributed by atoms with Crippen LogP contribution >= 0.6 is 0 Å². The third-order valence-electron chi connectivity index (χ3n) is 2.90. The van der Waals surface area contributed by atoms with E-state index < -0.39 is 0 Å². The first-order chi connectivity index (χ1) is 10.2. The SMILES string of the molecule is CCOCc1nc(NC)cc(NC(C)Cn2ccnc2)n1. The van der Waals surface area contributed by atoms with Crippen molar-refractivity contribution in [2.24, 2.45) is 0 Å². The highest BCUT2D eigenvalue weighted by molar-refractivity contribution is 5.47. The molecule has 0 bridgehead atoms. The van der Waals surface area contributed by atoms with Crippen molar-refractivity contribution in [1.29, 1.82) is 0 Å². The molecule has 0 aliphatic rings. The number of nitrogens with zero attached hydrogens (tertiary/aromatic N) is 4. The zero-order valence-electron chi connectivity index (χ0n) is 12.7. The molecule has 0 fully saturated rings. The number of ether oxygens (including phenoxy) is 1. The molecule has 0 radical (unpaired) electrons. The van der Waals surface area contributed by atoms with Gasteiger partial charge in [-0.15, -0.1) is 0 Å². The minimum atomic E-state index is 0.221. The summed E-state index contributed by atoms with van der Waals surface area (Å²) in [7, 11) is 1.84. The number of aromatic nitrogens is 4. The number of anilines is 2. The van der Waals surface area contributed by atoms with Crippen LogP contribution in [0.1, 0.15) is 19.7 Å². The lowest BCUT2D eigenvalue weighted by atomic mass is 10.3. The lowest BCUT2D eigenvalue weighted by molar-refractivity contribution is 0.128. The Kier molecular flexibility index (Phi) is 5.51. The van der Waals surface area contributed by atoms with E-state index in [0.29, 0.717) is 19.0 Å². The van der Waals surface area contributed by atoms with E-state index >= 15 is 0 Å². The van der Waals surface area contributed by atoms with Crippen LogP contribution in [0.25, 0.3) is 0 Å². The zero-order valence-corrected chi connectivity index (χ0v) is 12.7. The number of rotatable bonds is 8. The summed E-state index contributed by atoms with van der Waals surface area (Å²) in [5, 5.41) is 6.42. The van der Waals surface area contributed by atoms with Crippen LogP contribution in [0.2, 0.25) is 0 Å². The van der Waals surface area contributed by atoms with Crippen molar-refractivity contribution in [3.63, 3.8) is 0 Å². The van der Waals surface area contributed by atoms with Gasteiger partial charge in [-0.2, -0.15) is 0 Å². The van der Waals surface area contributed by atoms with Crippen LogP contribution in [0.15, 0.2) is 24.8 Å². The molecule has 0 aliphatic heterocycles. The fourth-order valence-electron chi connectivity index (χ4n) is 1.97. The molecule has 0 saturated heterocycles. The van der Waals surface area contributed by atoms with Crippen molar-refractivity contribution in [3.05, 3.63) is 30.6 Å². The van der Waals surface area contributed by atoms with Gasteiger partial charge in [0.15, 0.2) is 5.82 Å². The third-order valence-corrected chi connectivity index (χ3v) is 2.90. The summed E-state index contributed by atoms with van der Waals surface area (Å²) < 4.78 is 7.40. The van der Waals surface area contributed by atoms with Gasteiger partial charge in [0.2, 0.25) is 0 Å². The predicted octanol–water partition coefficient (Wildman–Crippen LogP) is 1.75. The van der Waals surface area contributed by atoms with Crippen LogP contribution in [0.4, 0.5) is 11.6 Å². The molecule has 2 aromatic heterocycles. The first-order valence-electron chi connectivity index (χ1n) is 7.07. The maximum atomic E-state index is 5.37. The molecular weight excluding hydrogens is 268 g/mol. The summed E-state index contributed by atoms with van der Waals surface area (Å²) in [6.07, 6.45) is 5.52. The molecule has 2 rings (SSSR count). The van der Waals surface area contributed by atoms with E-state index in [9.17, 15) is 0 Å². The van der Waals surface area contributed by atoms with Crippen LogP contribution in [0.3, 0.4) is 0 Å². The normalized spacial score (nSPS) is 12.1. The monoisotopic (exact) mass is 290 g/mol. The number of hydrogen-bond acceptors (Lipinski definition) is 6. The first-order valence-corrected chi connectivity index (χ1v) is 7.07. The standard InChI is InChI=1S/C14H22N6O/c1-4-21-9-14-18-12(15-3)7-13(19-14)17-11(2)8-20-6-5-16-10-20/h5-7,10-11H,4,8-9H2,1-3H3,(H2,15,17,18,19). The van der Waals surface area contributed by atoms with Gasteiger partial charge >= 0.3 is 0 Å². The summed E-state index contributed by atoms with van der Waals surface area (Å²) in [4.78, 5) is 12.9. The Morgan fingerprint density at radius 2 is 2.14 bits per heavy atom. The Morgan fingerprint density at radius 1 is 1.33 bits per heavy atom. The molecule has 0 saturated carbocycles. The zero-order chi connectivity index (χ0) is 15.1. The topological polar surface area (TPSA) is 76.9 Å². The highest BCUT2D eigenvalue weighted by Gasteiger charge is 2.08. The Morgan fingerprint density at radius 3 is 2.81 bits per heavy atom. The molecule has 114 valence electrons. The van der Waals surface area contributed by atoms with Gasteiger partial charge in [-0.25, -0.2) is 15.0 Å². The smallest absolute Gasteiger partial charge is 0.158 e. The minimum absolute atomic E-state index is 0.221. The van der Waals surface area contributed by atoms with Crippen molar-refractivity contribution < 1.29 is 4.74 Å². The van der Waals surface area contributed by atoms with E-state index in [-0.39, 0.29) is 6.04 Å². The van der Waals surface area contributed by atoms with E-state index in [4.69, 9.17) is 4.74 Å². The van der Waals surface area contributed by atoms with E-state index in [0.717, 1.165) is 18.2 Å². The molecule has 2 heterocycles. The van der Waals surface area contributed by atoms with Crippen molar-refractivity contribution in [2.75, 3.05) is 24.3 Å². The van der Waals surface area contributed by atoms with Crippen LogP contribution in [-0.2, 0) is 17.9 Å². The lowest BCUT2D eigenvalue weighted by Gasteiger charge is -2.16. The van der Waals surface area contributed by atoms with Crippen molar-refractivity contribution in [3.8, 4) is 0 Å². The van der Waals surface area contributed by atoms with Gasteiger partial charge in [-0.05, 0) is 13.8 Å². The maximum absolute atomic E-state index is 5.37. The summed E-state index contributed by atoms with van der Waals surface area (Å²) >= 11 is 0. The van der Waals surface area contributed by atoms with Gasteiger partial charge in [0.1, 0.15) is 18.2 Å². The number of nitrogens with one attached hydrogen (secondary N) is 2. The molecule has 0 spiro atoms. The number of hydrogen-bond donors (Lipinski definition) is 2. The summed E-state index contributed by atoms with van der Waals surface area (Å²) in [6, 6.07) is 2.11. The average Bonchev–Trinajstić information content (AvgIpc) is 2.97. The van der Waals surface area contributed by atoms with E-state index in [1.54, 1.807) is 12.5 Å². The molecule has 1 unspecified atom stereocenters. The van der Waals surface area contributed by atoms with Crippen molar-refractivity contribution >= 4 is 11.6 Å². The minimum Gasteiger partial charge on any atom is -0.374 e. The summed E-state index contributed by atoms with van der Waals surface area (Å²) in [5.41, 5.74) is 0. The first kappa shape index (κ1) is 15.2. The van der Waals surface area contributed by atoms with Crippen LogP contribution < -0.4 is 10.6 Å². The van der Waals surface area contributed by atoms with Crippen LogP contribution in [-0.4, -0.2) is 39.2 Å². The molecular formula is C14H22N6O. The molecule has 2 N–H and O–H groups in total. The molecule has 0 aromatic carbocycles. The third kappa shape index (κ3) is 4.71. The van der Waals surface area contributed by atoms with Gasteiger partial charge in [-0.1, -0.05) is 0 Å². The van der Waals surface area contributed by atoms with Crippen LogP contribution in [0.5, 0.6) is 0 Å². The van der Waals surface area contributed by atoms with Gasteiger partial charge in [-0.3, -0.25) is 0 Å². The van der Waals surface area contributed by atoms with Gasteiger partial charge < -0.3 is 19.9 Å². The molecule has 21 heavy (non-hydrogen) atoms. The Hall–Kier alpha value is -2.15. The summed E-state index contributed by atoms with van der Waals surface area (Å²) in [5.74, 6) is 2.23. The highest BCUT2D eigenvalue weighted by Crippen LogP contribution is 2.13. The van der Waals surface area contributed by atoms with Crippen molar-refractivity contribution in [2.45, 2.75) is 33.0 Å². The number of imidazole rings is 1. The predicted molar refractivity (Wildman–Crippen MR) is 82.2 cm³/mol. The largest absolute Gasteiger partial charge is 0.374 e. The average molecular weight is 290 g/mol. The second kappa shape index (κ2) is 7.58. The maximum Gasteiger partial charge on any atom is 0.158 e. The van der Waals surface area contributed by atoms with Crippen LogP contribution in [0, 0.1) is 0 Å². The molecule has 7 nitrogen and oxygen atoms in total. The highest BCUT2D eigenvalue weighted by atomic mass is 16.5. The Labute approximate surface area is 124 Å². The second-order valence-corrected chi connectivity index (χ2v) is 4.75. The quantitative estimate of drug-likeness (QED) is 0.771. The molecule has 1 atom stereocenters. The molecule has 2 aromatic rings. The summed E-state index contributed by atoms with van der Waals surface area (Å²) in [6.45, 7) is 5.93. The van der Waals surface area contributed by atoms with E-state index in [2.05, 4.69) is 32.5 Å². The van der Waals surface area contributed by atoms with E-state index in [1.807, 2.05) is 30.8 Å². The van der Waals surface area contributed by atoms with Gasteiger partial charge in [0.25, 0.3) is 0 Å². The van der Waals surface area contributed by atoms with Gasteiger partial charge in [0, 0.05) is 44.7 Å². The molecule has 7 heteroatoms. The lowest BCUT2D eigenvalue weighted by Crippen LogP contribution is -2.22. The molecule has 0 aliphatic carbocycles. The Bertz CT molecular complexity index is 542. The fourth-order valence-corrected chi connectivity index (χ4v) is 1.97. The Balaban J connectivity index is 2.03. The van der Waals surface area contributed by atoms with E-state index in [1.165, 1.54) is 0 Å². The second-order valence-electron chi connectivity index (χ2n) is 4.75. The fraction of sp³-hybridized carbons (Fsp3) is 0.500. The molecule has 0 amide bonds.